The van der Waals surface area contributed by atoms with Gasteiger partial charge in [0, 0.05) is 29.6 Å². The number of aromatic carboxylic acids is 1. The molecule has 0 aliphatic heterocycles. The average Bonchev–Trinajstić information content (AvgIpc) is 3.48. The highest BCUT2D eigenvalue weighted by Crippen LogP contribution is 2.37. The molecule has 2 aromatic carbocycles. The molecule has 0 aliphatic carbocycles. The molecule has 5 aromatic rings. The van der Waals surface area contributed by atoms with Crippen LogP contribution < -0.4 is 14.2 Å². The molecule has 0 amide bonds. The number of benzene rings is 2. The van der Waals surface area contributed by atoms with Gasteiger partial charge >= 0.3 is 18.3 Å². The molecule has 0 fully saturated rings. The summed E-state index contributed by atoms with van der Waals surface area (Å²) >= 11 is 5.94. The maximum atomic E-state index is 13.8. The van der Waals surface area contributed by atoms with Gasteiger partial charge in [0.15, 0.2) is 5.69 Å². The van der Waals surface area contributed by atoms with Gasteiger partial charge in [-0.25, -0.2) is 19.7 Å². The first-order valence-corrected chi connectivity index (χ1v) is 13.6. The summed E-state index contributed by atoms with van der Waals surface area (Å²) in [7, 11) is 1.38. The third kappa shape index (κ3) is 7.22. The Kier molecular flexibility index (Phi) is 8.98. The number of hydrogen-bond acceptors (Lipinski definition) is 8. The lowest BCUT2D eigenvalue weighted by Gasteiger charge is -2.16. The molecule has 0 atom stereocenters. The summed E-state index contributed by atoms with van der Waals surface area (Å²) in [6, 6.07) is 11.7. The Hall–Kier alpha value is -5.38. The van der Waals surface area contributed by atoms with Crippen LogP contribution in [0.15, 0.2) is 67.1 Å². The molecule has 17 heteroatoms. The number of carboxylic acids is 1. The van der Waals surface area contributed by atoms with Crippen molar-refractivity contribution in [2.45, 2.75) is 25.9 Å². The molecule has 10 nitrogen and oxygen atoms in total. The third-order valence-corrected chi connectivity index (χ3v) is 6.77. The number of rotatable bonds is 9. The molecule has 1 N–H and O–H groups in total. The SMILES string of the molecule is COc1cc(Oc2ncc(C(F)(F)F)cc2Cl)ccc1COc1ccc(C)cc1-c1ccnc(-n2ncc(C(=O)O)c2C(F)(F)F)n1. The van der Waals surface area contributed by atoms with Crippen LogP contribution in [0.2, 0.25) is 5.02 Å². The predicted molar refractivity (Wildman–Crippen MR) is 153 cm³/mol. The summed E-state index contributed by atoms with van der Waals surface area (Å²) in [5.74, 6) is -1.86. The molecule has 0 spiro atoms. The number of aryl methyl sites for hydroxylation is 1. The fourth-order valence-corrected chi connectivity index (χ4v) is 4.53. The molecule has 5 rings (SSSR count). The summed E-state index contributed by atoms with van der Waals surface area (Å²) in [6.45, 7) is 1.71. The van der Waals surface area contributed by atoms with E-state index in [0.29, 0.717) is 34.3 Å². The lowest BCUT2D eigenvalue weighted by Crippen LogP contribution is -2.18. The van der Waals surface area contributed by atoms with Crippen molar-refractivity contribution in [1.29, 1.82) is 0 Å². The van der Waals surface area contributed by atoms with Crippen LogP contribution in [0.3, 0.4) is 0 Å². The topological polar surface area (TPSA) is 121 Å². The molecule has 0 unspecified atom stereocenters. The Morgan fingerprint density at radius 2 is 1.72 bits per heavy atom. The van der Waals surface area contributed by atoms with Gasteiger partial charge in [0.1, 0.15) is 34.4 Å². The molecule has 0 bridgehead atoms. The number of hydrogen-bond donors (Lipinski definition) is 1. The lowest BCUT2D eigenvalue weighted by atomic mass is 10.1. The first-order valence-electron chi connectivity index (χ1n) is 13.2. The highest BCUT2D eigenvalue weighted by atomic mass is 35.5. The molecule has 3 aromatic heterocycles. The van der Waals surface area contributed by atoms with E-state index in [0.717, 1.165) is 5.56 Å². The van der Waals surface area contributed by atoms with E-state index in [1.54, 1.807) is 31.2 Å². The Balaban J connectivity index is 1.41. The molecule has 244 valence electrons. The van der Waals surface area contributed by atoms with Crippen molar-refractivity contribution < 1.29 is 50.5 Å². The summed E-state index contributed by atoms with van der Waals surface area (Å²) in [5, 5.41) is 12.5. The Bertz CT molecular complexity index is 1960. The molecule has 0 aliphatic rings. The first-order chi connectivity index (χ1) is 22.2. The molecule has 0 saturated carbocycles. The first kappa shape index (κ1) is 33.0. The normalized spacial score (nSPS) is 11.8. The van der Waals surface area contributed by atoms with Gasteiger partial charge in [-0.05, 0) is 43.3 Å². The van der Waals surface area contributed by atoms with Crippen LogP contribution in [0.25, 0.3) is 17.2 Å². The highest BCUT2D eigenvalue weighted by molar-refractivity contribution is 6.31. The standard InChI is InChI=1S/C30H20ClF6N5O5/c1-15-3-6-23(19(9-15)22-7-8-38-28(41-22)42-25(30(35,36)37)20(13-40-42)27(43)44)46-14-16-4-5-18(11-24(16)45-2)47-26-21(31)10-17(12-39-26)29(32,33)34/h3-13H,14H2,1-2H3,(H,43,44). The molecule has 3 heterocycles. The van der Waals surface area contributed by atoms with E-state index in [2.05, 4.69) is 20.1 Å². The quantitative estimate of drug-likeness (QED) is 0.156. The largest absolute Gasteiger partial charge is 0.496 e. The van der Waals surface area contributed by atoms with Crippen LogP contribution in [-0.2, 0) is 19.0 Å². The smallest absolute Gasteiger partial charge is 0.434 e. The fourth-order valence-electron chi connectivity index (χ4n) is 4.33. The van der Waals surface area contributed by atoms with Crippen molar-refractivity contribution in [2.24, 2.45) is 0 Å². The molecular weight excluding hydrogens is 660 g/mol. The van der Waals surface area contributed by atoms with Gasteiger partial charge in [-0.2, -0.15) is 36.1 Å². The van der Waals surface area contributed by atoms with Gasteiger partial charge in [0.2, 0.25) is 5.88 Å². The number of carbonyl (C=O) groups is 1. The average molecular weight is 680 g/mol. The van der Waals surface area contributed by atoms with E-state index in [1.807, 2.05) is 0 Å². The minimum atomic E-state index is -5.07. The molecule has 47 heavy (non-hydrogen) atoms. The van der Waals surface area contributed by atoms with Crippen LogP contribution in [0.4, 0.5) is 26.3 Å². The third-order valence-electron chi connectivity index (χ3n) is 6.50. The monoisotopic (exact) mass is 679 g/mol. The summed E-state index contributed by atoms with van der Waals surface area (Å²) in [4.78, 5) is 23.2. The van der Waals surface area contributed by atoms with E-state index in [1.165, 1.54) is 31.5 Å². The van der Waals surface area contributed by atoms with Gasteiger partial charge in [-0.1, -0.05) is 23.2 Å². The van der Waals surface area contributed by atoms with Crippen LogP contribution >= 0.6 is 11.6 Å². The van der Waals surface area contributed by atoms with E-state index in [9.17, 15) is 36.2 Å². The maximum absolute atomic E-state index is 13.8. The van der Waals surface area contributed by atoms with E-state index in [-0.39, 0.29) is 40.5 Å². The van der Waals surface area contributed by atoms with E-state index in [4.69, 9.17) is 25.8 Å². The Morgan fingerprint density at radius 1 is 0.957 bits per heavy atom. The number of ether oxygens (including phenoxy) is 3. The Labute approximate surface area is 266 Å². The van der Waals surface area contributed by atoms with Gasteiger partial charge in [-0.3, -0.25) is 0 Å². The Morgan fingerprint density at radius 3 is 2.38 bits per heavy atom. The molecule has 0 radical (unpaired) electrons. The van der Waals surface area contributed by atoms with Crippen LogP contribution in [0, 0.1) is 6.92 Å². The second-order valence-corrected chi connectivity index (χ2v) is 10.1. The molecule has 0 saturated heterocycles. The lowest BCUT2D eigenvalue weighted by molar-refractivity contribution is -0.143. The van der Waals surface area contributed by atoms with E-state index < -0.39 is 41.1 Å². The van der Waals surface area contributed by atoms with Crippen molar-refractivity contribution in [1.82, 2.24) is 24.7 Å². The van der Waals surface area contributed by atoms with Gasteiger partial charge in [-0.15, -0.1) is 0 Å². The zero-order chi connectivity index (χ0) is 34.1. The zero-order valence-electron chi connectivity index (χ0n) is 24.0. The minimum Gasteiger partial charge on any atom is -0.496 e. The number of carboxylic acid groups (broad SMARTS) is 1. The number of pyridine rings is 1. The fraction of sp³-hybridized carbons (Fsp3) is 0.167. The maximum Gasteiger partial charge on any atom is 0.434 e. The van der Waals surface area contributed by atoms with Crippen molar-refractivity contribution >= 4 is 17.6 Å². The second-order valence-electron chi connectivity index (χ2n) is 9.74. The number of aromatic nitrogens is 5. The van der Waals surface area contributed by atoms with Crippen LogP contribution in [-0.4, -0.2) is 42.9 Å². The van der Waals surface area contributed by atoms with Crippen molar-refractivity contribution in [3.05, 3.63) is 100 Å². The number of alkyl halides is 6. The van der Waals surface area contributed by atoms with Crippen LogP contribution in [0.5, 0.6) is 23.1 Å². The number of nitrogens with zero attached hydrogens (tertiary/aromatic N) is 5. The van der Waals surface area contributed by atoms with Crippen LogP contribution in [0.1, 0.15) is 32.7 Å². The van der Waals surface area contributed by atoms with Crippen molar-refractivity contribution in [2.75, 3.05) is 7.11 Å². The highest BCUT2D eigenvalue weighted by Gasteiger charge is 2.41. The minimum absolute atomic E-state index is 0.0733. The number of halogens is 7. The summed E-state index contributed by atoms with van der Waals surface area (Å²) < 4.78 is 97.6. The van der Waals surface area contributed by atoms with Crippen molar-refractivity contribution in [3.63, 3.8) is 0 Å². The van der Waals surface area contributed by atoms with Gasteiger partial charge in [0.05, 0.1) is 24.6 Å². The van der Waals surface area contributed by atoms with Gasteiger partial charge in [0.25, 0.3) is 5.95 Å². The summed E-state index contributed by atoms with van der Waals surface area (Å²) in [5.41, 5.74) is -1.80. The van der Waals surface area contributed by atoms with E-state index >= 15 is 0 Å². The van der Waals surface area contributed by atoms with Gasteiger partial charge < -0.3 is 19.3 Å². The number of methoxy groups -OCH3 is 1. The van der Waals surface area contributed by atoms with Crippen molar-refractivity contribution in [3.8, 4) is 40.3 Å². The molecular formula is C30H20ClF6N5O5. The predicted octanol–water partition coefficient (Wildman–Crippen LogP) is 7.80. The second kappa shape index (κ2) is 12.8. The zero-order valence-corrected chi connectivity index (χ0v) is 24.8. The summed E-state index contributed by atoms with van der Waals surface area (Å²) in [6.07, 6.45) is -7.33.